The van der Waals surface area contributed by atoms with Crippen LogP contribution < -0.4 is 4.74 Å². The van der Waals surface area contributed by atoms with Crippen molar-refractivity contribution in [3.63, 3.8) is 0 Å². The lowest BCUT2D eigenvalue weighted by atomic mass is 10.1. The van der Waals surface area contributed by atoms with E-state index in [9.17, 15) is 4.79 Å². The fourth-order valence-corrected chi connectivity index (χ4v) is 2.70. The van der Waals surface area contributed by atoms with Crippen molar-refractivity contribution in [2.45, 2.75) is 19.8 Å². The number of ether oxygens (including phenoxy) is 1. The highest BCUT2D eigenvalue weighted by Crippen LogP contribution is 2.28. The summed E-state index contributed by atoms with van der Waals surface area (Å²) in [6, 6.07) is 11.6. The monoisotopic (exact) mass is 310 g/mol. The average molecular weight is 310 g/mol. The third-order valence-electron chi connectivity index (χ3n) is 3.88. The molecule has 5 heteroatoms. The van der Waals surface area contributed by atoms with Crippen LogP contribution in [-0.4, -0.2) is 27.6 Å². The van der Waals surface area contributed by atoms with Crippen LogP contribution in [0.5, 0.6) is 5.75 Å². The van der Waals surface area contributed by atoms with Gasteiger partial charge in [-0.15, -0.1) is 0 Å². The van der Waals surface area contributed by atoms with Crippen LogP contribution in [-0.2, 0) is 11.2 Å². The first-order valence-electron chi connectivity index (χ1n) is 7.43. The van der Waals surface area contributed by atoms with Crippen LogP contribution in [0.3, 0.4) is 0 Å². The molecule has 0 fully saturated rings. The molecule has 2 aromatic heterocycles. The Morgan fingerprint density at radius 2 is 2.00 bits per heavy atom. The zero-order valence-electron chi connectivity index (χ0n) is 13.1. The van der Waals surface area contributed by atoms with Crippen LogP contribution in [0.15, 0.2) is 42.6 Å². The number of hydrogen-bond acceptors (Lipinski definition) is 3. The molecule has 23 heavy (non-hydrogen) atoms. The van der Waals surface area contributed by atoms with Crippen LogP contribution in [0.25, 0.3) is 16.9 Å². The second kappa shape index (κ2) is 6.12. The highest BCUT2D eigenvalue weighted by atomic mass is 16.5. The fraction of sp³-hybridized carbons (Fsp3) is 0.222. The van der Waals surface area contributed by atoms with E-state index in [0.717, 1.165) is 33.9 Å². The molecule has 0 aliphatic carbocycles. The smallest absolute Gasteiger partial charge is 0.303 e. The Labute approximate surface area is 134 Å². The van der Waals surface area contributed by atoms with Gasteiger partial charge in [-0.2, -0.15) is 0 Å². The molecule has 0 aliphatic heterocycles. The van der Waals surface area contributed by atoms with E-state index in [0.29, 0.717) is 6.42 Å². The molecule has 0 spiro atoms. The summed E-state index contributed by atoms with van der Waals surface area (Å²) < 4.78 is 7.17. The van der Waals surface area contributed by atoms with Crippen molar-refractivity contribution >= 4 is 11.6 Å². The number of aliphatic carboxylic acids is 1. The van der Waals surface area contributed by atoms with Gasteiger partial charge in [0, 0.05) is 18.2 Å². The Balaban J connectivity index is 2.15. The van der Waals surface area contributed by atoms with E-state index in [2.05, 4.69) is 0 Å². The molecule has 1 N–H and O–H groups in total. The molecule has 5 nitrogen and oxygen atoms in total. The lowest BCUT2D eigenvalue weighted by Crippen LogP contribution is -2.01. The number of fused-ring (bicyclic) bond motifs is 1. The number of rotatable bonds is 5. The molecular formula is C18H18N2O3. The van der Waals surface area contributed by atoms with E-state index in [1.54, 1.807) is 7.11 Å². The Hall–Kier alpha value is -2.82. The number of pyridine rings is 1. The highest BCUT2D eigenvalue weighted by molar-refractivity contribution is 5.71. The summed E-state index contributed by atoms with van der Waals surface area (Å²) >= 11 is 0. The number of nitrogens with zero attached hydrogens (tertiary/aromatic N) is 2. The number of hydrogen-bond donors (Lipinski definition) is 1. The summed E-state index contributed by atoms with van der Waals surface area (Å²) in [7, 11) is 1.63. The van der Waals surface area contributed by atoms with Gasteiger partial charge in [-0.3, -0.25) is 4.79 Å². The van der Waals surface area contributed by atoms with Crippen molar-refractivity contribution in [2.75, 3.05) is 7.11 Å². The standard InChI is InChI=1S/C18H18N2O3/c1-12-4-3-11-20-15(9-10-16(21)22)17(19-18(12)20)13-5-7-14(23-2)8-6-13/h3-8,11H,9-10H2,1-2H3,(H,21,22). The van der Waals surface area contributed by atoms with Crippen molar-refractivity contribution in [3.8, 4) is 17.0 Å². The molecule has 0 saturated heterocycles. The van der Waals surface area contributed by atoms with Crippen molar-refractivity contribution in [2.24, 2.45) is 0 Å². The van der Waals surface area contributed by atoms with Gasteiger partial charge in [0.05, 0.1) is 24.9 Å². The number of carboxylic acids is 1. The second-order valence-corrected chi connectivity index (χ2v) is 5.41. The molecule has 0 saturated carbocycles. The van der Waals surface area contributed by atoms with Gasteiger partial charge < -0.3 is 14.2 Å². The van der Waals surface area contributed by atoms with Crippen LogP contribution in [0.2, 0.25) is 0 Å². The molecule has 0 unspecified atom stereocenters. The quantitative estimate of drug-likeness (QED) is 0.785. The summed E-state index contributed by atoms with van der Waals surface area (Å²) in [4.78, 5) is 15.7. The summed E-state index contributed by atoms with van der Waals surface area (Å²) in [5.74, 6) is -0.0333. The van der Waals surface area contributed by atoms with Gasteiger partial charge in [0.1, 0.15) is 11.4 Å². The minimum absolute atomic E-state index is 0.0743. The summed E-state index contributed by atoms with van der Waals surface area (Å²) in [5.41, 5.74) is 4.61. The highest BCUT2D eigenvalue weighted by Gasteiger charge is 2.16. The van der Waals surface area contributed by atoms with Gasteiger partial charge >= 0.3 is 5.97 Å². The summed E-state index contributed by atoms with van der Waals surface area (Å²) in [5, 5.41) is 9.02. The van der Waals surface area contributed by atoms with E-state index < -0.39 is 5.97 Å². The normalized spacial score (nSPS) is 10.9. The van der Waals surface area contributed by atoms with Gasteiger partial charge in [-0.05, 0) is 42.8 Å². The van der Waals surface area contributed by atoms with E-state index in [4.69, 9.17) is 14.8 Å². The second-order valence-electron chi connectivity index (χ2n) is 5.41. The van der Waals surface area contributed by atoms with E-state index in [1.165, 1.54) is 0 Å². The third-order valence-corrected chi connectivity index (χ3v) is 3.88. The average Bonchev–Trinajstić information content (AvgIpc) is 2.93. The minimum Gasteiger partial charge on any atom is -0.497 e. The number of benzene rings is 1. The molecule has 0 bridgehead atoms. The topological polar surface area (TPSA) is 63.8 Å². The number of carbonyl (C=O) groups is 1. The number of imidazole rings is 1. The van der Waals surface area contributed by atoms with Gasteiger partial charge in [0.2, 0.25) is 0 Å². The van der Waals surface area contributed by atoms with Crippen LogP contribution in [0.4, 0.5) is 0 Å². The Bertz CT molecular complexity index is 851. The van der Waals surface area contributed by atoms with Crippen molar-refractivity contribution in [1.82, 2.24) is 9.38 Å². The van der Waals surface area contributed by atoms with Gasteiger partial charge in [-0.1, -0.05) is 6.07 Å². The fourth-order valence-electron chi connectivity index (χ4n) is 2.70. The predicted molar refractivity (Wildman–Crippen MR) is 87.9 cm³/mol. The number of carboxylic acid groups (broad SMARTS) is 1. The zero-order chi connectivity index (χ0) is 16.4. The van der Waals surface area contributed by atoms with Crippen molar-refractivity contribution in [1.29, 1.82) is 0 Å². The molecule has 0 aliphatic rings. The molecule has 0 radical (unpaired) electrons. The van der Waals surface area contributed by atoms with Crippen LogP contribution in [0, 0.1) is 6.92 Å². The van der Waals surface area contributed by atoms with Crippen LogP contribution >= 0.6 is 0 Å². The number of methoxy groups -OCH3 is 1. The van der Waals surface area contributed by atoms with E-state index in [1.807, 2.05) is 53.9 Å². The van der Waals surface area contributed by atoms with E-state index in [-0.39, 0.29) is 6.42 Å². The molecule has 118 valence electrons. The maximum Gasteiger partial charge on any atom is 0.303 e. The molecule has 2 heterocycles. The number of aryl methyl sites for hydroxylation is 2. The molecule has 1 aromatic carbocycles. The number of aromatic nitrogens is 2. The first kappa shape index (κ1) is 15.1. The summed E-state index contributed by atoms with van der Waals surface area (Å²) in [6.07, 6.45) is 2.44. The Kier molecular flexibility index (Phi) is 4.02. The Morgan fingerprint density at radius 3 is 2.65 bits per heavy atom. The van der Waals surface area contributed by atoms with Gasteiger partial charge in [0.15, 0.2) is 0 Å². The maximum absolute atomic E-state index is 11.0. The lowest BCUT2D eigenvalue weighted by molar-refractivity contribution is -0.136. The van der Waals surface area contributed by atoms with Crippen LogP contribution in [0.1, 0.15) is 17.7 Å². The molecule has 3 rings (SSSR count). The largest absolute Gasteiger partial charge is 0.497 e. The first-order chi connectivity index (χ1) is 11.1. The predicted octanol–water partition coefficient (Wildman–Crippen LogP) is 3.34. The first-order valence-corrected chi connectivity index (χ1v) is 7.43. The maximum atomic E-state index is 11.0. The van der Waals surface area contributed by atoms with Crippen molar-refractivity contribution in [3.05, 3.63) is 53.9 Å². The third kappa shape index (κ3) is 2.90. The SMILES string of the molecule is COc1ccc(-c2nc3c(C)cccn3c2CCC(=O)O)cc1. The van der Waals surface area contributed by atoms with Gasteiger partial charge in [0.25, 0.3) is 0 Å². The van der Waals surface area contributed by atoms with Crippen molar-refractivity contribution < 1.29 is 14.6 Å². The zero-order valence-corrected chi connectivity index (χ0v) is 13.1. The molecular weight excluding hydrogens is 292 g/mol. The van der Waals surface area contributed by atoms with E-state index >= 15 is 0 Å². The molecule has 0 amide bonds. The Morgan fingerprint density at radius 1 is 1.26 bits per heavy atom. The molecule has 0 atom stereocenters. The lowest BCUT2D eigenvalue weighted by Gasteiger charge is -2.05. The molecule has 3 aromatic rings. The van der Waals surface area contributed by atoms with Gasteiger partial charge in [-0.25, -0.2) is 4.98 Å². The minimum atomic E-state index is -0.812. The summed E-state index contributed by atoms with van der Waals surface area (Å²) in [6.45, 7) is 2.00.